The molecule has 0 amide bonds. The normalized spacial score (nSPS) is 27.5. The third-order valence-electron chi connectivity index (χ3n) is 2.73. The van der Waals surface area contributed by atoms with Gasteiger partial charge in [-0.25, -0.2) is 0 Å². The Balaban J connectivity index is 2.62. The third kappa shape index (κ3) is 4.72. The summed E-state index contributed by atoms with van der Waals surface area (Å²) in [6.45, 7) is 10.1. The van der Waals surface area contributed by atoms with E-state index in [0.29, 0.717) is 6.04 Å². The number of thioether (sulfide) groups is 2. The van der Waals surface area contributed by atoms with Crippen LogP contribution in [-0.2, 0) is 0 Å². The maximum absolute atomic E-state index is 3.69. The molecule has 0 aromatic heterocycles. The molecule has 0 bridgehead atoms. The van der Waals surface area contributed by atoms with Crippen LogP contribution in [-0.4, -0.2) is 34.6 Å². The highest BCUT2D eigenvalue weighted by atomic mass is 32.2. The van der Waals surface area contributed by atoms with Crippen molar-refractivity contribution < 1.29 is 0 Å². The summed E-state index contributed by atoms with van der Waals surface area (Å²) in [5.41, 5.74) is 1.43. The van der Waals surface area contributed by atoms with Crippen molar-refractivity contribution in [1.82, 2.24) is 5.32 Å². The lowest BCUT2D eigenvalue weighted by Gasteiger charge is -2.34. The fraction of sp³-hybridized carbons (Fsp3) is 0.846. The van der Waals surface area contributed by atoms with Gasteiger partial charge in [-0.3, -0.25) is 0 Å². The van der Waals surface area contributed by atoms with Crippen LogP contribution in [0.4, 0.5) is 0 Å². The standard InChI is InChI=1S/C13H25NS2/c1-5-6-14-12(9-10(2)3)13-11(4)15-7-8-16-13/h9,11-14H,5-8H2,1-4H3. The molecule has 3 heteroatoms. The Labute approximate surface area is 109 Å². The van der Waals surface area contributed by atoms with Gasteiger partial charge >= 0.3 is 0 Å². The zero-order valence-corrected chi connectivity index (χ0v) is 12.6. The molecule has 0 aliphatic carbocycles. The Morgan fingerprint density at radius 2 is 2.06 bits per heavy atom. The Kier molecular flexibility index (Phi) is 6.94. The molecule has 1 nitrogen and oxygen atoms in total. The summed E-state index contributed by atoms with van der Waals surface area (Å²) >= 11 is 4.27. The maximum Gasteiger partial charge on any atom is 0.0383 e. The monoisotopic (exact) mass is 259 g/mol. The van der Waals surface area contributed by atoms with E-state index in [1.54, 1.807) is 0 Å². The first-order valence-corrected chi connectivity index (χ1v) is 8.36. The van der Waals surface area contributed by atoms with Gasteiger partial charge in [0.1, 0.15) is 0 Å². The molecule has 1 fully saturated rings. The Bertz CT molecular complexity index is 224. The average molecular weight is 259 g/mol. The van der Waals surface area contributed by atoms with Crippen molar-refractivity contribution in [3.63, 3.8) is 0 Å². The van der Waals surface area contributed by atoms with E-state index in [2.05, 4.69) is 62.6 Å². The van der Waals surface area contributed by atoms with Crippen molar-refractivity contribution in [2.24, 2.45) is 0 Å². The lowest BCUT2D eigenvalue weighted by atomic mass is 10.1. The van der Waals surface area contributed by atoms with Crippen molar-refractivity contribution in [2.45, 2.75) is 50.7 Å². The van der Waals surface area contributed by atoms with E-state index in [9.17, 15) is 0 Å². The van der Waals surface area contributed by atoms with E-state index < -0.39 is 0 Å². The van der Waals surface area contributed by atoms with E-state index in [1.807, 2.05) is 0 Å². The van der Waals surface area contributed by atoms with E-state index in [0.717, 1.165) is 17.0 Å². The lowest BCUT2D eigenvalue weighted by molar-refractivity contribution is 0.560. The van der Waals surface area contributed by atoms with Gasteiger partial charge in [0.2, 0.25) is 0 Å². The largest absolute Gasteiger partial charge is 0.309 e. The first kappa shape index (κ1) is 14.5. The summed E-state index contributed by atoms with van der Waals surface area (Å²) in [4.78, 5) is 0. The first-order valence-electron chi connectivity index (χ1n) is 6.26. The summed E-state index contributed by atoms with van der Waals surface area (Å²) in [7, 11) is 0. The van der Waals surface area contributed by atoms with Crippen LogP contribution in [0, 0.1) is 0 Å². The van der Waals surface area contributed by atoms with E-state index in [4.69, 9.17) is 0 Å². The fourth-order valence-electron chi connectivity index (χ4n) is 1.98. The summed E-state index contributed by atoms with van der Waals surface area (Å²) in [6, 6.07) is 0.553. The van der Waals surface area contributed by atoms with Gasteiger partial charge in [0.25, 0.3) is 0 Å². The second-order valence-electron chi connectivity index (χ2n) is 4.64. The topological polar surface area (TPSA) is 12.0 Å². The third-order valence-corrected chi connectivity index (χ3v) is 5.95. The van der Waals surface area contributed by atoms with Crippen molar-refractivity contribution in [3.8, 4) is 0 Å². The molecular formula is C13H25NS2. The highest BCUT2D eigenvalue weighted by Gasteiger charge is 2.28. The van der Waals surface area contributed by atoms with Gasteiger partial charge in [-0.2, -0.15) is 23.5 Å². The molecule has 0 saturated carbocycles. The van der Waals surface area contributed by atoms with E-state index >= 15 is 0 Å². The van der Waals surface area contributed by atoms with E-state index in [-0.39, 0.29) is 0 Å². The fourth-order valence-corrected chi connectivity index (χ4v) is 4.88. The summed E-state index contributed by atoms with van der Waals surface area (Å²) < 4.78 is 0. The first-order chi connectivity index (χ1) is 7.65. The smallest absolute Gasteiger partial charge is 0.0383 e. The minimum absolute atomic E-state index is 0.553. The molecule has 3 atom stereocenters. The van der Waals surface area contributed by atoms with Crippen LogP contribution in [0.2, 0.25) is 0 Å². The predicted molar refractivity (Wildman–Crippen MR) is 79.7 cm³/mol. The highest BCUT2D eigenvalue weighted by molar-refractivity contribution is 8.07. The molecule has 1 aliphatic rings. The number of rotatable bonds is 5. The van der Waals surface area contributed by atoms with Gasteiger partial charge in [0.15, 0.2) is 0 Å². The summed E-state index contributed by atoms with van der Waals surface area (Å²) in [5, 5.41) is 5.19. The van der Waals surface area contributed by atoms with Gasteiger partial charge in [0.05, 0.1) is 0 Å². The Hall–Kier alpha value is 0.400. The lowest BCUT2D eigenvalue weighted by Crippen LogP contribution is -2.43. The highest BCUT2D eigenvalue weighted by Crippen LogP contribution is 2.33. The molecule has 0 aromatic carbocycles. The molecule has 1 aliphatic heterocycles. The van der Waals surface area contributed by atoms with Crippen molar-refractivity contribution >= 4 is 23.5 Å². The van der Waals surface area contributed by atoms with Crippen LogP contribution >= 0.6 is 23.5 Å². The molecule has 0 radical (unpaired) electrons. The van der Waals surface area contributed by atoms with Gasteiger partial charge in [-0.05, 0) is 26.8 Å². The van der Waals surface area contributed by atoms with Crippen LogP contribution in [0.5, 0.6) is 0 Å². The maximum atomic E-state index is 3.69. The summed E-state index contributed by atoms with van der Waals surface area (Å²) in [5.74, 6) is 2.62. The Morgan fingerprint density at radius 1 is 1.38 bits per heavy atom. The van der Waals surface area contributed by atoms with Gasteiger partial charge in [-0.15, -0.1) is 0 Å². The molecule has 1 saturated heterocycles. The molecule has 0 spiro atoms. The van der Waals surface area contributed by atoms with Gasteiger partial charge in [-0.1, -0.05) is 25.5 Å². The number of allylic oxidation sites excluding steroid dienone is 1. The number of nitrogens with one attached hydrogen (secondary N) is 1. The molecule has 0 aromatic rings. The van der Waals surface area contributed by atoms with Gasteiger partial charge < -0.3 is 5.32 Å². The zero-order chi connectivity index (χ0) is 12.0. The molecule has 1 heterocycles. The van der Waals surface area contributed by atoms with E-state index in [1.165, 1.54) is 23.5 Å². The molecule has 16 heavy (non-hydrogen) atoms. The molecule has 1 rings (SSSR count). The molecular weight excluding hydrogens is 234 g/mol. The second kappa shape index (κ2) is 7.67. The van der Waals surface area contributed by atoms with Crippen LogP contribution < -0.4 is 5.32 Å². The number of hydrogen-bond acceptors (Lipinski definition) is 3. The summed E-state index contributed by atoms with van der Waals surface area (Å²) in [6.07, 6.45) is 3.63. The second-order valence-corrected chi connectivity index (χ2v) is 7.41. The predicted octanol–water partition coefficient (Wildman–Crippen LogP) is 3.56. The van der Waals surface area contributed by atoms with Crippen molar-refractivity contribution in [1.29, 1.82) is 0 Å². The number of hydrogen-bond donors (Lipinski definition) is 1. The molecule has 94 valence electrons. The Morgan fingerprint density at radius 3 is 2.62 bits per heavy atom. The SMILES string of the molecule is CCCNC(C=C(C)C)C1SCCSC1C. The minimum Gasteiger partial charge on any atom is -0.309 e. The zero-order valence-electron chi connectivity index (χ0n) is 11.0. The molecule has 3 unspecified atom stereocenters. The van der Waals surface area contributed by atoms with Gasteiger partial charge in [0, 0.05) is 28.0 Å². The van der Waals surface area contributed by atoms with Crippen molar-refractivity contribution in [3.05, 3.63) is 11.6 Å². The van der Waals surface area contributed by atoms with Crippen LogP contribution in [0.3, 0.4) is 0 Å². The quantitative estimate of drug-likeness (QED) is 0.758. The minimum atomic E-state index is 0.553. The molecule has 1 N–H and O–H groups in total. The average Bonchev–Trinajstić information content (AvgIpc) is 2.24. The van der Waals surface area contributed by atoms with Crippen LogP contribution in [0.1, 0.15) is 34.1 Å². The van der Waals surface area contributed by atoms with Crippen molar-refractivity contribution in [2.75, 3.05) is 18.1 Å². The van der Waals surface area contributed by atoms with Crippen LogP contribution in [0.15, 0.2) is 11.6 Å². The van der Waals surface area contributed by atoms with Crippen LogP contribution in [0.25, 0.3) is 0 Å².